The van der Waals surface area contributed by atoms with Crippen LogP contribution in [-0.4, -0.2) is 91.7 Å². The molecule has 0 aliphatic rings. The van der Waals surface area contributed by atoms with E-state index >= 15 is 0 Å². The predicted octanol–water partition coefficient (Wildman–Crippen LogP) is 31.9. The molecule has 0 saturated carbocycles. The van der Waals surface area contributed by atoms with Gasteiger partial charge in [0.05, 0.1) is 79.3 Å². The van der Waals surface area contributed by atoms with Crippen molar-refractivity contribution in [2.45, 2.75) is 377 Å². The SMILES string of the molecule is CCCCCCOc1cc2c3cc(OCCCCCC)c(OCCCCCC)cc3c3cc(OCCCCCCNC(=O)CCCCCOc4cc5c6cc(OCCCCCC)c(OCCCCCC)cc6c6cc(OCCCCCC)c(OCCCCCC)cc6c5cc4OCCCCCC)c(OCCCCCC)cc3c2cc1OCCCCCC. The Hall–Kier alpha value is -7.61. The molecule has 8 aromatic rings. The van der Waals surface area contributed by atoms with Gasteiger partial charge < -0.3 is 62.2 Å². The second-order valence-corrected chi connectivity index (χ2v) is 34.4. The van der Waals surface area contributed by atoms with Crippen LogP contribution in [0.4, 0.5) is 0 Å². The van der Waals surface area contributed by atoms with Crippen LogP contribution >= 0.6 is 0 Å². The first-order valence-electron chi connectivity index (χ1n) is 50.1. The molecule has 8 rings (SSSR count). The lowest BCUT2D eigenvalue weighted by molar-refractivity contribution is -0.121. The molecular formula is C108H165NO13. The predicted molar refractivity (Wildman–Crippen MR) is 515 cm³/mol. The minimum Gasteiger partial charge on any atom is -0.490 e. The molecule has 14 nitrogen and oxygen atoms in total. The molecule has 122 heavy (non-hydrogen) atoms. The third-order valence-corrected chi connectivity index (χ3v) is 23.8. The summed E-state index contributed by atoms with van der Waals surface area (Å²) in [5.41, 5.74) is 0. The number of hydrogen-bond donors (Lipinski definition) is 1. The van der Waals surface area contributed by atoms with Crippen LogP contribution in [-0.2, 0) is 4.79 Å². The van der Waals surface area contributed by atoms with Crippen molar-refractivity contribution < 1.29 is 61.6 Å². The van der Waals surface area contributed by atoms with E-state index in [9.17, 15) is 4.79 Å². The minimum atomic E-state index is 0.0973. The van der Waals surface area contributed by atoms with E-state index in [0.717, 1.165) is 320 Å². The fraction of sp³-hybridized carbons (Fsp3) is 0.657. The Kier molecular flexibility index (Phi) is 49.8. The van der Waals surface area contributed by atoms with E-state index in [4.69, 9.17) is 56.8 Å². The zero-order chi connectivity index (χ0) is 86.2. The topological polar surface area (TPSA) is 140 Å². The van der Waals surface area contributed by atoms with Crippen LogP contribution in [0.5, 0.6) is 69.0 Å². The first-order valence-corrected chi connectivity index (χ1v) is 50.1. The highest BCUT2D eigenvalue weighted by molar-refractivity contribution is 6.28. The number of carbonyl (C=O) groups excluding carboxylic acids is 1. The van der Waals surface area contributed by atoms with Crippen molar-refractivity contribution in [3.63, 3.8) is 0 Å². The summed E-state index contributed by atoms with van der Waals surface area (Å²) in [6, 6.07) is 26.7. The average molecular weight is 1690 g/mol. The van der Waals surface area contributed by atoms with Crippen molar-refractivity contribution >= 4 is 70.5 Å². The Labute approximate surface area is 738 Å². The third kappa shape index (κ3) is 34.0. The Morgan fingerprint density at radius 1 is 0.172 bits per heavy atom. The first-order chi connectivity index (χ1) is 60.2. The van der Waals surface area contributed by atoms with Gasteiger partial charge in [-0.25, -0.2) is 0 Å². The van der Waals surface area contributed by atoms with Gasteiger partial charge in [0.25, 0.3) is 0 Å². The molecule has 1 amide bonds. The fourth-order valence-corrected chi connectivity index (χ4v) is 16.3. The zero-order valence-electron chi connectivity index (χ0n) is 78.4. The number of benzene rings is 8. The van der Waals surface area contributed by atoms with Crippen LogP contribution in [0.15, 0.2) is 72.8 Å². The van der Waals surface area contributed by atoms with E-state index in [1.165, 1.54) is 116 Å². The van der Waals surface area contributed by atoms with Crippen LogP contribution < -0.4 is 62.2 Å². The van der Waals surface area contributed by atoms with Crippen molar-refractivity contribution in [3.05, 3.63) is 72.8 Å². The first kappa shape index (κ1) is 99.8. The summed E-state index contributed by atoms with van der Waals surface area (Å²) >= 11 is 0. The molecule has 0 aromatic heterocycles. The number of unbranched alkanes of at least 4 members (excludes halogenated alkanes) is 35. The number of ether oxygens (including phenoxy) is 12. The highest BCUT2D eigenvalue weighted by Crippen LogP contribution is 2.50. The van der Waals surface area contributed by atoms with Gasteiger partial charge in [0.15, 0.2) is 69.0 Å². The molecule has 8 aromatic carbocycles. The molecule has 0 fully saturated rings. The second-order valence-electron chi connectivity index (χ2n) is 34.4. The van der Waals surface area contributed by atoms with Crippen molar-refractivity contribution in [2.75, 3.05) is 85.8 Å². The Morgan fingerprint density at radius 2 is 0.295 bits per heavy atom. The summed E-state index contributed by atoms with van der Waals surface area (Å²) in [4.78, 5) is 13.5. The molecule has 0 heterocycles. The summed E-state index contributed by atoms with van der Waals surface area (Å²) < 4.78 is 81.6. The summed E-state index contributed by atoms with van der Waals surface area (Å²) in [5.74, 6) is 9.28. The molecule has 14 heteroatoms. The molecule has 1 N–H and O–H groups in total. The summed E-state index contributed by atoms with van der Waals surface area (Å²) in [6.45, 7) is 30.4. The standard InChI is InChI=1S/C108H165NO13/c1-11-21-31-46-60-111-96-72-84-86-74-98(113-62-48-33-23-13-3)102(117-66-52-37-27-17-7)78-90(86)94-82-106(104(119-68-54-39-29-19-9)80-92(94)88(84)76-100(96)115-64-50-35-25-15-5)121-70-56-42-41-45-59-109-108(110)58-44-43-57-71-122-107-83-95-91-79-103(118-67-53-38-28-18-8)99(114-63-49-34-24-14-4)75-87(91)85-73-97(112-61-47-32-22-12-2)101(116-65-51-36-26-16-6)77-89(85)93(95)81-105(107)120-69-55-40-30-20-10/h72-83H,11-71H2,1-10H3,(H,109,110). The van der Waals surface area contributed by atoms with Crippen LogP contribution in [0.3, 0.4) is 0 Å². The van der Waals surface area contributed by atoms with Crippen molar-refractivity contribution in [1.29, 1.82) is 0 Å². The van der Waals surface area contributed by atoms with Gasteiger partial charge in [-0.15, -0.1) is 0 Å². The quantitative estimate of drug-likeness (QED) is 0.0286. The molecule has 0 unspecified atom stereocenters. The number of fused-ring (bicyclic) bond motifs is 12. The molecule has 0 aliphatic heterocycles. The normalized spacial score (nSPS) is 11.6. The van der Waals surface area contributed by atoms with Crippen LogP contribution in [0.2, 0.25) is 0 Å². The maximum Gasteiger partial charge on any atom is 0.219 e. The van der Waals surface area contributed by atoms with Crippen LogP contribution in [0.1, 0.15) is 377 Å². The van der Waals surface area contributed by atoms with Crippen molar-refractivity contribution in [2.24, 2.45) is 0 Å². The van der Waals surface area contributed by atoms with Crippen LogP contribution in [0.25, 0.3) is 64.6 Å². The van der Waals surface area contributed by atoms with E-state index in [-0.39, 0.29) is 5.91 Å². The summed E-state index contributed by atoms with van der Waals surface area (Å²) in [5, 5.41) is 16.1. The Bertz CT molecular complexity index is 4110. The lowest BCUT2D eigenvalue weighted by Crippen LogP contribution is -2.24. The maximum atomic E-state index is 13.5. The number of nitrogens with one attached hydrogen (secondary N) is 1. The lowest BCUT2D eigenvalue weighted by Gasteiger charge is -2.21. The molecule has 0 radical (unpaired) electrons. The molecule has 680 valence electrons. The Balaban J connectivity index is 0.976. The molecular weight excluding hydrogens is 1520 g/mol. The van der Waals surface area contributed by atoms with Gasteiger partial charge in [0, 0.05) is 13.0 Å². The van der Waals surface area contributed by atoms with Gasteiger partial charge in [-0.1, -0.05) is 275 Å². The zero-order valence-corrected chi connectivity index (χ0v) is 78.4. The monoisotopic (exact) mass is 1680 g/mol. The molecule has 0 spiro atoms. The smallest absolute Gasteiger partial charge is 0.219 e. The third-order valence-electron chi connectivity index (χ3n) is 23.8. The van der Waals surface area contributed by atoms with Crippen LogP contribution in [0, 0.1) is 0 Å². The maximum absolute atomic E-state index is 13.5. The molecule has 0 aliphatic carbocycles. The van der Waals surface area contributed by atoms with Gasteiger partial charge >= 0.3 is 0 Å². The molecule has 0 atom stereocenters. The summed E-state index contributed by atoms with van der Waals surface area (Å²) in [6.07, 6.45) is 51.1. The van der Waals surface area contributed by atoms with E-state index in [0.29, 0.717) is 92.2 Å². The van der Waals surface area contributed by atoms with Gasteiger partial charge in [0.2, 0.25) is 5.91 Å². The van der Waals surface area contributed by atoms with E-state index in [2.05, 4.69) is 147 Å². The second kappa shape index (κ2) is 60.9. The number of rotatable bonds is 75. The van der Waals surface area contributed by atoms with Crippen molar-refractivity contribution in [1.82, 2.24) is 5.32 Å². The minimum absolute atomic E-state index is 0.0973. The van der Waals surface area contributed by atoms with Gasteiger partial charge in [0.1, 0.15) is 0 Å². The fourth-order valence-electron chi connectivity index (χ4n) is 16.3. The van der Waals surface area contributed by atoms with E-state index in [1.54, 1.807) is 0 Å². The number of hydrogen-bond acceptors (Lipinski definition) is 13. The number of amides is 1. The Morgan fingerprint density at radius 3 is 0.434 bits per heavy atom. The van der Waals surface area contributed by atoms with E-state index in [1.807, 2.05) is 0 Å². The van der Waals surface area contributed by atoms with Crippen molar-refractivity contribution in [3.8, 4) is 69.0 Å². The largest absolute Gasteiger partial charge is 0.490 e. The highest BCUT2D eigenvalue weighted by Gasteiger charge is 2.25. The number of carbonyl (C=O) groups is 1. The molecule has 0 bridgehead atoms. The molecule has 0 saturated heterocycles. The van der Waals surface area contributed by atoms with Gasteiger partial charge in [-0.05, 0) is 234 Å². The van der Waals surface area contributed by atoms with Gasteiger partial charge in [-0.3, -0.25) is 4.79 Å². The average Bonchev–Trinajstić information content (AvgIpc) is 0.731. The highest BCUT2D eigenvalue weighted by atomic mass is 16.5. The van der Waals surface area contributed by atoms with Gasteiger partial charge in [-0.2, -0.15) is 0 Å². The summed E-state index contributed by atoms with van der Waals surface area (Å²) in [7, 11) is 0. The lowest BCUT2D eigenvalue weighted by atomic mass is 9.93. The van der Waals surface area contributed by atoms with E-state index < -0.39 is 0 Å².